The fourth-order valence-electron chi connectivity index (χ4n) is 1.42. The third-order valence-electron chi connectivity index (χ3n) is 2.21. The van der Waals surface area contributed by atoms with Gasteiger partial charge in [0.25, 0.3) is 0 Å². The number of epoxide rings is 1. The number of rotatable bonds is 3. The van der Waals surface area contributed by atoms with Crippen LogP contribution in [0.3, 0.4) is 0 Å². The number of benzene rings is 1. The SMILES string of the molecule is CCOC(=O)C1OC1c1ccc(Br)cc1. The maximum Gasteiger partial charge on any atom is 0.338 e. The third-order valence-corrected chi connectivity index (χ3v) is 2.74. The van der Waals surface area contributed by atoms with E-state index in [1.165, 1.54) is 0 Å². The lowest BCUT2D eigenvalue weighted by atomic mass is 10.1. The molecular weight excluding hydrogens is 260 g/mol. The molecule has 0 N–H and O–H groups in total. The quantitative estimate of drug-likeness (QED) is 0.626. The zero-order chi connectivity index (χ0) is 10.8. The van der Waals surface area contributed by atoms with E-state index in [1.54, 1.807) is 6.92 Å². The fraction of sp³-hybridized carbons (Fsp3) is 0.364. The second kappa shape index (κ2) is 4.33. The van der Waals surface area contributed by atoms with Gasteiger partial charge >= 0.3 is 5.97 Å². The summed E-state index contributed by atoms with van der Waals surface area (Å²) in [5.74, 6) is -0.273. The Labute approximate surface area is 96.5 Å². The summed E-state index contributed by atoms with van der Waals surface area (Å²) in [6.07, 6.45) is -0.539. The molecule has 1 aliphatic rings. The molecular formula is C11H11BrO3. The minimum atomic E-state index is -0.411. The first-order chi connectivity index (χ1) is 7.22. The molecule has 0 spiro atoms. The second-order valence-corrected chi connectivity index (χ2v) is 4.20. The van der Waals surface area contributed by atoms with Crippen LogP contribution in [0.25, 0.3) is 0 Å². The van der Waals surface area contributed by atoms with Crippen molar-refractivity contribution in [2.75, 3.05) is 6.61 Å². The molecule has 1 aliphatic heterocycles. The minimum absolute atomic E-state index is 0.128. The average molecular weight is 271 g/mol. The highest BCUT2D eigenvalue weighted by Crippen LogP contribution is 2.39. The Hall–Kier alpha value is -0.870. The van der Waals surface area contributed by atoms with E-state index in [2.05, 4.69) is 15.9 Å². The van der Waals surface area contributed by atoms with E-state index in [-0.39, 0.29) is 12.1 Å². The van der Waals surface area contributed by atoms with Crippen LogP contribution in [0, 0.1) is 0 Å². The fourth-order valence-corrected chi connectivity index (χ4v) is 1.69. The molecule has 2 rings (SSSR count). The van der Waals surface area contributed by atoms with Crippen molar-refractivity contribution in [3.05, 3.63) is 34.3 Å². The van der Waals surface area contributed by atoms with Crippen LogP contribution in [0.4, 0.5) is 0 Å². The lowest BCUT2D eigenvalue weighted by Gasteiger charge is -1.97. The summed E-state index contributed by atoms with van der Waals surface area (Å²) in [4.78, 5) is 11.3. The highest BCUT2D eigenvalue weighted by atomic mass is 79.9. The highest BCUT2D eigenvalue weighted by molar-refractivity contribution is 9.10. The summed E-state index contributed by atoms with van der Waals surface area (Å²) in [6.45, 7) is 2.18. The minimum Gasteiger partial charge on any atom is -0.464 e. The molecule has 0 bridgehead atoms. The molecule has 4 heteroatoms. The predicted molar refractivity (Wildman–Crippen MR) is 58.4 cm³/mol. The van der Waals surface area contributed by atoms with Gasteiger partial charge in [0.1, 0.15) is 6.10 Å². The van der Waals surface area contributed by atoms with Crippen LogP contribution in [0.15, 0.2) is 28.7 Å². The molecule has 0 aromatic heterocycles. The zero-order valence-corrected chi connectivity index (χ0v) is 9.86. The van der Waals surface area contributed by atoms with E-state index in [0.717, 1.165) is 10.0 Å². The van der Waals surface area contributed by atoms with Gasteiger partial charge in [0.05, 0.1) is 6.61 Å². The predicted octanol–water partition coefficient (Wildman–Crippen LogP) is 2.45. The molecule has 1 fully saturated rings. The van der Waals surface area contributed by atoms with Gasteiger partial charge in [-0.25, -0.2) is 4.79 Å². The van der Waals surface area contributed by atoms with Crippen molar-refractivity contribution in [2.24, 2.45) is 0 Å². The van der Waals surface area contributed by atoms with Gasteiger partial charge in [-0.15, -0.1) is 0 Å². The monoisotopic (exact) mass is 270 g/mol. The van der Waals surface area contributed by atoms with Gasteiger partial charge in [0, 0.05) is 4.47 Å². The number of ether oxygens (including phenoxy) is 2. The van der Waals surface area contributed by atoms with Crippen molar-refractivity contribution in [1.29, 1.82) is 0 Å². The Morgan fingerprint density at radius 1 is 1.47 bits per heavy atom. The van der Waals surface area contributed by atoms with Gasteiger partial charge in [-0.1, -0.05) is 28.1 Å². The van der Waals surface area contributed by atoms with Crippen molar-refractivity contribution >= 4 is 21.9 Å². The molecule has 2 unspecified atom stereocenters. The first kappa shape index (κ1) is 10.6. The Kier molecular flexibility index (Phi) is 3.07. The van der Waals surface area contributed by atoms with Crippen molar-refractivity contribution in [3.8, 4) is 0 Å². The third kappa shape index (κ3) is 2.38. The maximum absolute atomic E-state index is 11.3. The smallest absolute Gasteiger partial charge is 0.338 e. The summed E-state index contributed by atoms with van der Waals surface area (Å²) in [7, 11) is 0. The summed E-state index contributed by atoms with van der Waals surface area (Å²) >= 11 is 3.35. The van der Waals surface area contributed by atoms with Gasteiger partial charge < -0.3 is 9.47 Å². The van der Waals surface area contributed by atoms with E-state index in [9.17, 15) is 4.79 Å². The molecule has 0 aliphatic carbocycles. The van der Waals surface area contributed by atoms with Crippen molar-refractivity contribution in [3.63, 3.8) is 0 Å². The van der Waals surface area contributed by atoms with Gasteiger partial charge in [0.2, 0.25) is 0 Å². The van der Waals surface area contributed by atoms with E-state index >= 15 is 0 Å². The standard InChI is InChI=1S/C11H11BrO3/c1-2-14-11(13)10-9(15-10)7-3-5-8(12)6-4-7/h3-6,9-10H,2H2,1H3. The Bertz CT molecular complexity index is 361. The molecule has 80 valence electrons. The molecule has 1 aromatic carbocycles. The number of carbonyl (C=O) groups excluding carboxylic acids is 1. The number of hydrogen-bond acceptors (Lipinski definition) is 3. The molecule has 0 amide bonds. The van der Waals surface area contributed by atoms with Crippen LogP contribution in [0.1, 0.15) is 18.6 Å². The zero-order valence-electron chi connectivity index (χ0n) is 8.27. The molecule has 0 radical (unpaired) electrons. The molecule has 1 saturated heterocycles. The van der Waals surface area contributed by atoms with Crippen molar-refractivity contribution in [2.45, 2.75) is 19.1 Å². The van der Waals surface area contributed by atoms with E-state index in [1.807, 2.05) is 24.3 Å². The van der Waals surface area contributed by atoms with Crippen LogP contribution < -0.4 is 0 Å². The molecule has 1 aromatic rings. The Morgan fingerprint density at radius 3 is 2.73 bits per heavy atom. The van der Waals surface area contributed by atoms with Crippen LogP contribution >= 0.6 is 15.9 Å². The number of carbonyl (C=O) groups is 1. The van der Waals surface area contributed by atoms with Crippen LogP contribution in [-0.2, 0) is 14.3 Å². The summed E-state index contributed by atoms with van der Waals surface area (Å²) in [5.41, 5.74) is 1.01. The van der Waals surface area contributed by atoms with Crippen LogP contribution in [0.5, 0.6) is 0 Å². The molecule has 1 heterocycles. The van der Waals surface area contributed by atoms with Gasteiger partial charge in [-0.2, -0.15) is 0 Å². The lowest BCUT2D eigenvalue weighted by Crippen LogP contribution is -2.11. The van der Waals surface area contributed by atoms with E-state index in [0.29, 0.717) is 6.61 Å². The Morgan fingerprint density at radius 2 is 2.13 bits per heavy atom. The van der Waals surface area contributed by atoms with Crippen LogP contribution in [-0.4, -0.2) is 18.7 Å². The van der Waals surface area contributed by atoms with Crippen molar-refractivity contribution < 1.29 is 14.3 Å². The Balaban J connectivity index is 1.98. The molecule has 15 heavy (non-hydrogen) atoms. The largest absolute Gasteiger partial charge is 0.464 e. The average Bonchev–Trinajstić information content (AvgIpc) is 2.99. The molecule has 2 atom stereocenters. The summed E-state index contributed by atoms with van der Waals surface area (Å²) in [5, 5.41) is 0. The second-order valence-electron chi connectivity index (χ2n) is 3.28. The lowest BCUT2D eigenvalue weighted by molar-refractivity contribution is -0.144. The van der Waals surface area contributed by atoms with E-state index in [4.69, 9.17) is 9.47 Å². The normalized spacial score (nSPS) is 23.6. The van der Waals surface area contributed by atoms with Crippen LogP contribution in [0.2, 0.25) is 0 Å². The number of esters is 1. The first-order valence-corrected chi connectivity index (χ1v) is 5.59. The number of hydrogen-bond donors (Lipinski definition) is 0. The summed E-state index contributed by atoms with van der Waals surface area (Å²) in [6, 6.07) is 7.74. The summed E-state index contributed by atoms with van der Waals surface area (Å²) < 4.78 is 11.1. The van der Waals surface area contributed by atoms with E-state index < -0.39 is 6.10 Å². The van der Waals surface area contributed by atoms with Crippen molar-refractivity contribution in [1.82, 2.24) is 0 Å². The molecule has 0 saturated carbocycles. The molecule has 3 nitrogen and oxygen atoms in total. The first-order valence-electron chi connectivity index (χ1n) is 4.80. The topological polar surface area (TPSA) is 38.8 Å². The maximum atomic E-state index is 11.3. The highest BCUT2D eigenvalue weighted by Gasteiger charge is 2.47. The van der Waals surface area contributed by atoms with Gasteiger partial charge in [0.15, 0.2) is 6.10 Å². The number of halogens is 1. The van der Waals surface area contributed by atoms with Gasteiger partial charge in [-0.05, 0) is 24.6 Å². The van der Waals surface area contributed by atoms with Gasteiger partial charge in [-0.3, -0.25) is 0 Å².